The molecule has 17 heavy (non-hydrogen) atoms. The first-order valence-corrected chi connectivity index (χ1v) is 5.98. The second-order valence-corrected chi connectivity index (χ2v) is 4.50. The molecule has 0 radical (unpaired) electrons. The number of hydrogen-bond donors (Lipinski definition) is 2. The maximum absolute atomic E-state index is 5.53. The zero-order chi connectivity index (χ0) is 11.7. The molecule has 0 amide bonds. The molecule has 0 unspecified atom stereocenters. The van der Waals surface area contributed by atoms with E-state index in [1.165, 1.54) is 19.3 Å². The van der Waals surface area contributed by atoms with Gasteiger partial charge in [0.1, 0.15) is 11.5 Å². The largest absolute Gasteiger partial charge is 0.382 e. The highest BCUT2D eigenvalue weighted by molar-refractivity contribution is 5.51. The zero-order valence-corrected chi connectivity index (χ0v) is 9.52. The van der Waals surface area contributed by atoms with Gasteiger partial charge in [-0.15, -0.1) is 0 Å². The van der Waals surface area contributed by atoms with Crippen LogP contribution in [0.25, 0.3) is 11.6 Å². The molecule has 2 heterocycles. The summed E-state index contributed by atoms with van der Waals surface area (Å²) in [6.07, 6.45) is 6.14. The number of H-pyrrole nitrogens is 1. The molecule has 3 rings (SSSR count). The van der Waals surface area contributed by atoms with Crippen molar-refractivity contribution >= 4 is 5.82 Å². The van der Waals surface area contributed by atoms with Gasteiger partial charge in [-0.25, -0.2) is 0 Å². The number of aromatic amines is 1. The van der Waals surface area contributed by atoms with Gasteiger partial charge in [0.25, 0.3) is 5.89 Å². The second kappa shape index (κ2) is 4.20. The smallest absolute Gasteiger partial charge is 0.276 e. The van der Waals surface area contributed by atoms with Gasteiger partial charge in [-0.05, 0) is 12.8 Å². The minimum absolute atomic E-state index is 0.428. The highest BCUT2D eigenvalue weighted by Crippen LogP contribution is 2.31. The molecule has 1 aliphatic carbocycles. The topological polar surface area (TPSA) is 93.6 Å². The Hall–Kier alpha value is -1.85. The molecule has 6 nitrogen and oxygen atoms in total. The summed E-state index contributed by atoms with van der Waals surface area (Å²) in [5, 5.41) is 10.7. The molecule has 0 atom stereocenters. The lowest BCUT2D eigenvalue weighted by Crippen LogP contribution is -2.06. The van der Waals surface area contributed by atoms with E-state index in [0.717, 1.165) is 18.7 Å². The number of nitrogens with two attached hydrogens (primary N) is 1. The minimum Gasteiger partial charge on any atom is -0.382 e. The molecule has 0 saturated heterocycles. The Balaban J connectivity index is 1.82. The molecule has 6 heteroatoms. The van der Waals surface area contributed by atoms with Crippen LogP contribution in [0.4, 0.5) is 5.82 Å². The van der Waals surface area contributed by atoms with Crippen LogP contribution in [0.2, 0.25) is 0 Å². The van der Waals surface area contributed by atoms with Crippen LogP contribution in [0.3, 0.4) is 0 Å². The van der Waals surface area contributed by atoms with E-state index in [0.29, 0.717) is 23.3 Å². The van der Waals surface area contributed by atoms with Gasteiger partial charge >= 0.3 is 0 Å². The predicted octanol–water partition coefficient (Wildman–Crippen LogP) is 2.09. The fourth-order valence-electron chi connectivity index (χ4n) is 2.32. The van der Waals surface area contributed by atoms with Crippen molar-refractivity contribution in [1.82, 2.24) is 20.3 Å². The van der Waals surface area contributed by atoms with Crippen LogP contribution in [0.1, 0.15) is 43.8 Å². The van der Waals surface area contributed by atoms with Crippen molar-refractivity contribution in [2.45, 2.75) is 38.0 Å². The molecule has 1 saturated carbocycles. The van der Waals surface area contributed by atoms with Crippen LogP contribution in [0, 0.1) is 0 Å². The van der Waals surface area contributed by atoms with Crippen molar-refractivity contribution in [3.05, 3.63) is 11.9 Å². The van der Waals surface area contributed by atoms with Crippen molar-refractivity contribution in [3.63, 3.8) is 0 Å². The van der Waals surface area contributed by atoms with Gasteiger partial charge in [0, 0.05) is 12.0 Å². The van der Waals surface area contributed by atoms with Crippen molar-refractivity contribution in [1.29, 1.82) is 0 Å². The Kier molecular flexibility index (Phi) is 2.55. The number of nitrogens with one attached hydrogen (secondary N) is 1. The van der Waals surface area contributed by atoms with E-state index in [1.54, 1.807) is 6.07 Å². The first-order valence-electron chi connectivity index (χ1n) is 5.98. The Bertz CT molecular complexity index is 497. The number of nitrogen functional groups attached to an aromatic ring is 1. The van der Waals surface area contributed by atoms with Crippen LogP contribution < -0.4 is 5.73 Å². The molecule has 0 bridgehead atoms. The number of rotatable bonds is 2. The van der Waals surface area contributed by atoms with Gasteiger partial charge in [-0.2, -0.15) is 10.1 Å². The Morgan fingerprint density at radius 1 is 1.29 bits per heavy atom. The lowest BCUT2D eigenvalue weighted by molar-refractivity contribution is 0.385. The normalized spacial score (nSPS) is 17.4. The third kappa shape index (κ3) is 2.02. The third-order valence-corrected chi connectivity index (χ3v) is 3.24. The highest BCUT2D eigenvalue weighted by atomic mass is 16.5. The quantitative estimate of drug-likeness (QED) is 0.828. The van der Waals surface area contributed by atoms with E-state index in [-0.39, 0.29) is 0 Å². The van der Waals surface area contributed by atoms with Crippen LogP contribution in [-0.2, 0) is 0 Å². The summed E-state index contributed by atoms with van der Waals surface area (Å²) in [6, 6.07) is 1.69. The maximum Gasteiger partial charge on any atom is 0.276 e. The fraction of sp³-hybridized carbons (Fsp3) is 0.545. The van der Waals surface area contributed by atoms with E-state index in [2.05, 4.69) is 20.3 Å². The first kappa shape index (κ1) is 10.3. The Morgan fingerprint density at radius 3 is 2.82 bits per heavy atom. The summed E-state index contributed by atoms with van der Waals surface area (Å²) >= 11 is 0. The standard InChI is InChI=1S/C11H15N5O/c12-9-6-8(14-15-9)11-13-10(16-17-11)7-4-2-1-3-5-7/h6-7H,1-5H2,(H3,12,14,15). The Morgan fingerprint density at radius 2 is 2.12 bits per heavy atom. The van der Waals surface area contributed by atoms with E-state index in [9.17, 15) is 0 Å². The fourth-order valence-corrected chi connectivity index (χ4v) is 2.32. The van der Waals surface area contributed by atoms with E-state index < -0.39 is 0 Å². The molecule has 90 valence electrons. The van der Waals surface area contributed by atoms with E-state index in [1.807, 2.05) is 0 Å². The van der Waals surface area contributed by atoms with Crippen molar-refractivity contribution < 1.29 is 4.52 Å². The summed E-state index contributed by atoms with van der Waals surface area (Å²) in [6.45, 7) is 0. The van der Waals surface area contributed by atoms with Crippen molar-refractivity contribution in [2.24, 2.45) is 0 Å². The van der Waals surface area contributed by atoms with Gasteiger partial charge in [-0.1, -0.05) is 24.4 Å². The average Bonchev–Trinajstić information content (AvgIpc) is 2.98. The van der Waals surface area contributed by atoms with Crippen LogP contribution >= 0.6 is 0 Å². The van der Waals surface area contributed by atoms with Gasteiger partial charge in [0.05, 0.1) is 0 Å². The predicted molar refractivity (Wildman–Crippen MR) is 62.1 cm³/mol. The zero-order valence-electron chi connectivity index (χ0n) is 9.52. The molecule has 3 N–H and O–H groups in total. The summed E-state index contributed by atoms with van der Waals surface area (Å²) < 4.78 is 5.23. The first-order chi connectivity index (χ1) is 8.33. The molecular formula is C11H15N5O. The lowest BCUT2D eigenvalue weighted by Gasteiger charge is -2.17. The van der Waals surface area contributed by atoms with Crippen molar-refractivity contribution in [2.75, 3.05) is 5.73 Å². The maximum atomic E-state index is 5.53. The molecule has 0 aliphatic heterocycles. The molecular weight excluding hydrogens is 218 g/mol. The number of aromatic nitrogens is 4. The third-order valence-electron chi connectivity index (χ3n) is 3.24. The monoisotopic (exact) mass is 233 g/mol. The van der Waals surface area contributed by atoms with Gasteiger partial charge in [-0.3, -0.25) is 5.10 Å². The van der Waals surface area contributed by atoms with Crippen molar-refractivity contribution in [3.8, 4) is 11.6 Å². The second-order valence-electron chi connectivity index (χ2n) is 4.50. The van der Waals surface area contributed by atoms with Crippen LogP contribution in [0.5, 0.6) is 0 Å². The summed E-state index contributed by atoms with van der Waals surface area (Å²) in [5.41, 5.74) is 6.21. The molecule has 2 aromatic heterocycles. The molecule has 1 aliphatic rings. The minimum atomic E-state index is 0.428. The van der Waals surface area contributed by atoms with Crippen LogP contribution in [0.15, 0.2) is 10.6 Å². The average molecular weight is 233 g/mol. The molecule has 2 aromatic rings. The number of hydrogen-bond acceptors (Lipinski definition) is 5. The molecule has 1 fully saturated rings. The SMILES string of the molecule is Nc1cc(-c2nc(C3CCCCC3)no2)[nH]n1. The summed E-state index contributed by atoms with van der Waals surface area (Å²) in [4.78, 5) is 4.41. The number of nitrogens with zero attached hydrogens (tertiary/aromatic N) is 3. The van der Waals surface area contributed by atoms with Crippen LogP contribution in [-0.4, -0.2) is 20.3 Å². The molecule has 0 aromatic carbocycles. The summed E-state index contributed by atoms with van der Waals surface area (Å²) in [7, 11) is 0. The van der Waals surface area contributed by atoms with E-state index in [4.69, 9.17) is 10.3 Å². The molecule has 0 spiro atoms. The van der Waals surface area contributed by atoms with Gasteiger partial charge < -0.3 is 10.3 Å². The highest BCUT2D eigenvalue weighted by Gasteiger charge is 2.21. The number of anilines is 1. The lowest BCUT2D eigenvalue weighted by atomic mass is 9.89. The van der Waals surface area contributed by atoms with Gasteiger partial charge in [0.15, 0.2) is 5.82 Å². The van der Waals surface area contributed by atoms with E-state index >= 15 is 0 Å². The Labute approximate surface area is 98.6 Å². The summed E-state index contributed by atoms with van der Waals surface area (Å²) in [5.74, 6) is 2.15. The van der Waals surface area contributed by atoms with Gasteiger partial charge in [0.2, 0.25) is 0 Å².